The van der Waals surface area contributed by atoms with Gasteiger partial charge in [-0.15, -0.1) is 0 Å². The molecule has 1 aromatic heterocycles. The minimum Gasteiger partial charge on any atom is -0.437 e. The molecule has 2 aromatic rings. The molecule has 1 heterocycles. The predicted molar refractivity (Wildman–Crippen MR) is 79.2 cm³/mol. The molecule has 2 N–H and O–H groups in total. The fraction of sp³-hybridized carbons (Fsp3) is 0.400. The van der Waals surface area contributed by atoms with Crippen molar-refractivity contribution in [3.8, 4) is 0 Å². The van der Waals surface area contributed by atoms with Crippen LogP contribution in [0, 0.1) is 19.7 Å². The number of nitrogens with two attached hydrogens (primary N) is 1. The molecule has 0 fully saturated rings. The minimum atomic E-state index is -0.254. The van der Waals surface area contributed by atoms with Gasteiger partial charge in [0.05, 0.1) is 10.9 Å². The van der Waals surface area contributed by atoms with E-state index in [1.165, 1.54) is 23.9 Å². The fourth-order valence-corrected chi connectivity index (χ4v) is 3.13. The maximum absolute atomic E-state index is 13.4. The van der Waals surface area contributed by atoms with Crippen LogP contribution in [-0.2, 0) is 0 Å². The van der Waals surface area contributed by atoms with Crippen LogP contribution in [0.4, 0.5) is 4.39 Å². The molecule has 108 valence electrons. The first-order valence-electron chi connectivity index (χ1n) is 6.63. The van der Waals surface area contributed by atoms with Crippen molar-refractivity contribution in [3.05, 3.63) is 47.1 Å². The van der Waals surface area contributed by atoms with E-state index in [0.29, 0.717) is 5.22 Å². The van der Waals surface area contributed by atoms with E-state index in [4.69, 9.17) is 10.2 Å². The standard InChI is InChI=1S/C15H19FN2OS/c1-4-13(17)14(11-6-5-7-12(16)8-11)20-15-18-9(2)10(3)19-15/h5-8,13-14H,4,17H2,1-3H3. The molecule has 3 nitrogen and oxygen atoms in total. The lowest BCUT2D eigenvalue weighted by Crippen LogP contribution is -2.25. The number of halogens is 1. The van der Waals surface area contributed by atoms with Gasteiger partial charge in [-0.1, -0.05) is 30.8 Å². The zero-order valence-electron chi connectivity index (χ0n) is 11.9. The summed E-state index contributed by atoms with van der Waals surface area (Å²) in [4.78, 5) is 4.36. The summed E-state index contributed by atoms with van der Waals surface area (Å²) in [6.45, 7) is 5.80. The maximum atomic E-state index is 13.4. The zero-order chi connectivity index (χ0) is 14.7. The van der Waals surface area contributed by atoms with Crippen LogP contribution in [-0.4, -0.2) is 11.0 Å². The lowest BCUT2D eigenvalue weighted by atomic mass is 10.0. The van der Waals surface area contributed by atoms with E-state index in [1.54, 1.807) is 6.07 Å². The van der Waals surface area contributed by atoms with E-state index in [1.807, 2.05) is 26.8 Å². The molecule has 0 spiro atoms. The Morgan fingerprint density at radius 2 is 2.15 bits per heavy atom. The molecule has 0 amide bonds. The van der Waals surface area contributed by atoms with E-state index >= 15 is 0 Å². The molecule has 0 saturated carbocycles. The van der Waals surface area contributed by atoms with Crippen molar-refractivity contribution in [1.29, 1.82) is 0 Å². The second-order valence-electron chi connectivity index (χ2n) is 4.79. The van der Waals surface area contributed by atoms with Crippen LogP contribution in [0.1, 0.15) is 35.6 Å². The van der Waals surface area contributed by atoms with E-state index in [2.05, 4.69) is 4.98 Å². The monoisotopic (exact) mass is 294 g/mol. The van der Waals surface area contributed by atoms with Crippen molar-refractivity contribution in [2.24, 2.45) is 5.73 Å². The lowest BCUT2D eigenvalue weighted by Gasteiger charge is -2.21. The van der Waals surface area contributed by atoms with Crippen LogP contribution in [0.5, 0.6) is 0 Å². The van der Waals surface area contributed by atoms with Crippen LogP contribution < -0.4 is 5.73 Å². The predicted octanol–water partition coefficient (Wildman–Crippen LogP) is 4.00. The van der Waals surface area contributed by atoms with Gasteiger partial charge in [0, 0.05) is 6.04 Å². The number of thioether (sulfide) groups is 1. The summed E-state index contributed by atoms with van der Waals surface area (Å²) in [5.41, 5.74) is 7.91. The molecule has 0 aliphatic rings. The van der Waals surface area contributed by atoms with Gasteiger partial charge in [0.1, 0.15) is 11.6 Å². The molecule has 0 aliphatic carbocycles. The summed E-state index contributed by atoms with van der Waals surface area (Å²) in [5, 5.41) is 0.506. The summed E-state index contributed by atoms with van der Waals surface area (Å²) >= 11 is 1.45. The second-order valence-corrected chi connectivity index (χ2v) is 5.88. The van der Waals surface area contributed by atoms with Gasteiger partial charge in [0.25, 0.3) is 5.22 Å². The number of oxazole rings is 1. The van der Waals surface area contributed by atoms with Gasteiger partial charge in [-0.2, -0.15) is 0 Å². The Bertz CT molecular complexity index is 566. The smallest absolute Gasteiger partial charge is 0.256 e. The molecule has 0 radical (unpaired) electrons. The Balaban J connectivity index is 2.28. The third kappa shape index (κ3) is 3.41. The van der Waals surface area contributed by atoms with E-state index in [-0.39, 0.29) is 17.1 Å². The minimum absolute atomic E-state index is 0.0758. The van der Waals surface area contributed by atoms with Gasteiger partial charge < -0.3 is 10.2 Å². The molecular formula is C15H19FN2OS. The van der Waals surface area contributed by atoms with Crippen molar-refractivity contribution in [2.75, 3.05) is 0 Å². The molecule has 20 heavy (non-hydrogen) atoms. The Labute approximate surface area is 122 Å². The van der Waals surface area contributed by atoms with Gasteiger partial charge in [-0.3, -0.25) is 0 Å². The first-order valence-corrected chi connectivity index (χ1v) is 7.51. The molecule has 0 aliphatic heterocycles. The molecule has 2 atom stereocenters. The summed E-state index contributed by atoms with van der Waals surface area (Å²) in [7, 11) is 0. The highest BCUT2D eigenvalue weighted by Gasteiger charge is 2.23. The summed E-state index contributed by atoms with van der Waals surface area (Å²) in [6.07, 6.45) is 0.798. The number of hydrogen-bond donors (Lipinski definition) is 1. The summed E-state index contributed by atoms with van der Waals surface area (Å²) in [5.74, 6) is 0.548. The quantitative estimate of drug-likeness (QED) is 0.847. The summed E-state index contributed by atoms with van der Waals surface area (Å²) < 4.78 is 19.0. The first kappa shape index (κ1) is 15.1. The number of aryl methyl sites for hydroxylation is 2. The van der Waals surface area contributed by atoms with Crippen LogP contribution in [0.2, 0.25) is 0 Å². The molecule has 2 rings (SSSR count). The van der Waals surface area contributed by atoms with Crippen molar-refractivity contribution in [3.63, 3.8) is 0 Å². The number of nitrogens with zero attached hydrogens (tertiary/aromatic N) is 1. The van der Waals surface area contributed by atoms with Crippen molar-refractivity contribution in [1.82, 2.24) is 4.98 Å². The third-order valence-electron chi connectivity index (χ3n) is 3.27. The maximum Gasteiger partial charge on any atom is 0.256 e. The molecule has 0 bridgehead atoms. The van der Waals surface area contributed by atoms with E-state index in [0.717, 1.165) is 23.4 Å². The number of benzene rings is 1. The van der Waals surface area contributed by atoms with Gasteiger partial charge >= 0.3 is 0 Å². The lowest BCUT2D eigenvalue weighted by molar-refractivity contribution is 0.429. The molecule has 0 saturated heterocycles. The summed E-state index contributed by atoms with van der Waals surface area (Å²) in [6, 6.07) is 6.46. The van der Waals surface area contributed by atoms with Gasteiger partial charge in [-0.25, -0.2) is 9.37 Å². The van der Waals surface area contributed by atoms with Crippen molar-refractivity contribution >= 4 is 11.8 Å². The fourth-order valence-electron chi connectivity index (χ4n) is 1.90. The average Bonchev–Trinajstić information content (AvgIpc) is 2.74. The van der Waals surface area contributed by atoms with E-state index in [9.17, 15) is 4.39 Å². The van der Waals surface area contributed by atoms with E-state index < -0.39 is 0 Å². The number of hydrogen-bond acceptors (Lipinski definition) is 4. The molecule has 5 heteroatoms. The highest BCUT2D eigenvalue weighted by molar-refractivity contribution is 7.99. The molecule has 2 unspecified atom stereocenters. The van der Waals surface area contributed by atoms with Gasteiger partial charge in [0.2, 0.25) is 0 Å². The number of rotatable bonds is 5. The highest BCUT2D eigenvalue weighted by Crippen LogP contribution is 2.38. The first-order chi connectivity index (χ1) is 9.51. The van der Waals surface area contributed by atoms with Crippen LogP contribution >= 0.6 is 11.8 Å². The highest BCUT2D eigenvalue weighted by atomic mass is 32.2. The Morgan fingerprint density at radius 1 is 1.40 bits per heavy atom. The number of aromatic nitrogens is 1. The molecular weight excluding hydrogens is 275 g/mol. The second kappa shape index (κ2) is 6.41. The Kier molecular flexibility index (Phi) is 4.83. The van der Waals surface area contributed by atoms with Gasteiger partial charge in [-0.05, 0) is 38.0 Å². The van der Waals surface area contributed by atoms with Crippen LogP contribution in [0.3, 0.4) is 0 Å². The topological polar surface area (TPSA) is 52.0 Å². The van der Waals surface area contributed by atoms with Gasteiger partial charge in [0.15, 0.2) is 0 Å². The van der Waals surface area contributed by atoms with Crippen LogP contribution in [0.25, 0.3) is 0 Å². The van der Waals surface area contributed by atoms with Crippen molar-refractivity contribution in [2.45, 2.75) is 43.7 Å². The SMILES string of the molecule is CCC(N)C(Sc1nc(C)c(C)o1)c1cccc(F)c1. The Morgan fingerprint density at radius 3 is 2.70 bits per heavy atom. The van der Waals surface area contributed by atoms with Crippen LogP contribution in [0.15, 0.2) is 33.9 Å². The Hall–Kier alpha value is -1.33. The average molecular weight is 294 g/mol. The van der Waals surface area contributed by atoms with Crippen molar-refractivity contribution < 1.29 is 8.81 Å². The largest absolute Gasteiger partial charge is 0.437 e. The molecule has 1 aromatic carbocycles. The normalized spacial score (nSPS) is 14.2. The zero-order valence-corrected chi connectivity index (χ0v) is 12.7. The third-order valence-corrected chi connectivity index (χ3v) is 4.53.